The Bertz CT molecular complexity index is 1150. The number of anilines is 1. The van der Waals surface area contributed by atoms with Crippen molar-refractivity contribution in [3.8, 4) is 0 Å². The van der Waals surface area contributed by atoms with Crippen molar-refractivity contribution in [2.24, 2.45) is 0 Å². The van der Waals surface area contributed by atoms with Crippen molar-refractivity contribution >= 4 is 24.1 Å². The van der Waals surface area contributed by atoms with Gasteiger partial charge in [0.2, 0.25) is 5.91 Å². The molecule has 0 radical (unpaired) electrons. The summed E-state index contributed by atoms with van der Waals surface area (Å²) in [6.07, 6.45) is 2.77. The van der Waals surface area contributed by atoms with Gasteiger partial charge in [-0.2, -0.15) is 0 Å². The zero-order chi connectivity index (χ0) is 28.6. The average Bonchev–Trinajstić information content (AvgIpc) is 2.88. The standard InChI is InChI=1S/C29H38F2N4O4/c1-20(37)33-24-8-5-7-22(17-24)21-11-15-35(16-12-21)14-6-13-32-28(38)34(4)27(29(2,3)39-19-36)23-9-10-25(30)26(31)18-23/h5,7-10,17-19,21,27H,6,11-16H2,1-4H3,(H,32,38)(H,33,37). The first-order chi connectivity index (χ1) is 18.5. The molecule has 0 bridgehead atoms. The molecule has 2 aromatic carbocycles. The summed E-state index contributed by atoms with van der Waals surface area (Å²) in [6.45, 7) is 8.14. The Balaban J connectivity index is 1.49. The van der Waals surface area contributed by atoms with Crippen LogP contribution in [-0.4, -0.2) is 67.0 Å². The molecule has 1 aliphatic heterocycles. The molecule has 1 aliphatic rings. The van der Waals surface area contributed by atoms with Gasteiger partial charge in [-0.05, 0) is 94.1 Å². The summed E-state index contributed by atoms with van der Waals surface area (Å²) in [5.41, 5.74) is 1.16. The van der Waals surface area contributed by atoms with E-state index in [2.05, 4.69) is 21.6 Å². The maximum Gasteiger partial charge on any atom is 0.317 e. The van der Waals surface area contributed by atoms with Gasteiger partial charge in [0.25, 0.3) is 6.47 Å². The minimum absolute atomic E-state index is 0.0851. The van der Waals surface area contributed by atoms with Crippen molar-refractivity contribution in [2.75, 3.05) is 38.5 Å². The van der Waals surface area contributed by atoms with E-state index in [1.54, 1.807) is 13.8 Å². The molecule has 0 spiro atoms. The van der Waals surface area contributed by atoms with Crippen LogP contribution in [-0.2, 0) is 14.3 Å². The van der Waals surface area contributed by atoms with E-state index >= 15 is 0 Å². The van der Waals surface area contributed by atoms with E-state index in [1.807, 2.05) is 18.2 Å². The minimum atomic E-state index is -1.19. The van der Waals surface area contributed by atoms with Gasteiger partial charge in [-0.1, -0.05) is 18.2 Å². The second-order valence-corrected chi connectivity index (χ2v) is 10.5. The van der Waals surface area contributed by atoms with Crippen LogP contribution in [0.15, 0.2) is 42.5 Å². The van der Waals surface area contributed by atoms with Crippen LogP contribution in [0.4, 0.5) is 19.3 Å². The monoisotopic (exact) mass is 544 g/mol. The third kappa shape index (κ3) is 8.23. The third-order valence-corrected chi connectivity index (χ3v) is 7.17. The molecule has 0 aliphatic carbocycles. The number of nitrogens with one attached hydrogen (secondary N) is 2. The van der Waals surface area contributed by atoms with Crippen molar-refractivity contribution in [1.29, 1.82) is 0 Å². The fourth-order valence-corrected chi connectivity index (χ4v) is 5.27. The molecule has 2 N–H and O–H groups in total. The minimum Gasteiger partial charge on any atom is -0.459 e. The average molecular weight is 545 g/mol. The summed E-state index contributed by atoms with van der Waals surface area (Å²) in [5, 5.41) is 5.72. The third-order valence-electron chi connectivity index (χ3n) is 7.17. The molecular weight excluding hydrogens is 506 g/mol. The van der Waals surface area contributed by atoms with Gasteiger partial charge in [-0.3, -0.25) is 9.59 Å². The fraction of sp³-hybridized carbons (Fsp3) is 0.483. The number of nitrogens with zero attached hydrogens (tertiary/aromatic N) is 2. The van der Waals surface area contributed by atoms with Crippen LogP contribution in [0.2, 0.25) is 0 Å². The van der Waals surface area contributed by atoms with Gasteiger partial charge in [0.05, 0.1) is 6.04 Å². The van der Waals surface area contributed by atoms with Crippen molar-refractivity contribution in [3.05, 3.63) is 65.2 Å². The van der Waals surface area contributed by atoms with E-state index in [0.717, 1.165) is 56.7 Å². The predicted molar refractivity (Wildman–Crippen MR) is 145 cm³/mol. The smallest absolute Gasteiger partial charge is 0.317 e. The van der Waals surface area contributed by atoms with Crippen LogP contribution < -0.4 is 10.6 Å². The lowest BCUT2D eigenvalue weighted by Gasteiger charge is -2.39. The number of amides is 3. The quantitative estimate of drug-likeness (QED) is 0.313. The second kappa shape index (κ2) is 13.5. The lowest BCUT2D eigenvalue weighted by molar-refractivity contribution is -0.145. The first-order valence-electron chi connectivity index (χ1n) is 13.2. The normalized spacial score (nSPS) is 15.3. The summed E-state index contributed by atoms with van der Waals surface area (Å²) < 4.78 is 32.7. The maximum absolute atomic E-state index is 14.0. The number of ether oxygens (including phenoxy) is 1. The Morgan fingerprint density at radius 3 is 2.51 bits per heavy atom. The van der Waals surface area contributed by atoms with Crippen LogP contribution in [0.25, 0.3) is 0 Å². The van der Waals surface area contributed by atoms with E-state index in [9.17, 15) is 23.2 Å². The summed E-state index contributed by atoms with van der Waals surface area (Å²) in [6, 6.07) is 10.1. The Morgan fingerprint density at radius 2 is 1.87 bits per heavy atom. The van der Waals surface area contributed by atoms with Crippen LogP contribution in [0, 0.1) is 11.6 Å². The van der Waals surface area contributed by atoms with Gasteiger partial charge in [-0.15, -0.1) is 0 Å². The zero-order valence-electron chi connectivity index (χ0n) is 23.0. The Kier molecular flexibility index (Phi) is 10.4. The summed E-state index contributed by atoms with van der Waals surface area (Å²) in [4.78, 5) is 39.1. The number of hydrogen-bond donors (Lipinski definition) is 2. The maximum atomic E-state index is 14.0. The molecule has 0 aromatic heterocycles. The SMILES string of the molecule is CC(=O)Nc1cccc(C2CCN(CCCNC(=O)N(C)C(c3ccc(F)c(F)c3)C(C)(C)OC=O)CC2)c1. The van der Waals surface area contributed by atoms with E-state index in [1.165, 1.54) is 30.5 Å². The van der Waals surface area contributed by atoms with Crippen molar-refractivity contribution in [2.45, 2.75) is 57.6 Å². The Hall–Kier alpha value is -3.53. The topological polar surface area (TPSA) is 91.0 Å². The van der Waals surface area contributed by atoms with Gasteiger partial charge in [0, 0.05) is 26.2 Å². The molecule has 1 fully saturated rings. The predicted octanol–water partition coefficient (Wildman–Crippen LogP) is 4.83. The number of halogens is 2. The zero-order valence-corrected chi connectivity index (χ0v) is 23.0. The molecular formula is C29H38F2N4O4. The summed E-state index contributed by atoms with van der Waals surface area (Å²) in [5.74, 6) is -1.69. The molecule has 2 aromatic rings. The van der Waals surface area contributed by atoms with Crippen LogP contribution in [0.5, 0.6) is 0 Å². The molecule has 10 heteroatoms. The molecule has 1 atom stereocenters. The van der Waals surface area contributed by atoms with E-state index < -0.39 is 29.3 Å². The lowest BCUT2D eigenvalue weighted by Crippen LogP contribution is -2.48. The van der Waals surface area contributed by atoms with E-state index in [-0.39, 0.29) is 12.4 Å². The highest BCUT2D eigenvalue weighted by atomic mass is 19.2. The molecule has 8 nitrogen and oxygen atoms in total. The first-order valence-corrected chi connectivity index (χ1v) is 13.2. The number of rotatable bonds is 11. The number of likely N-dealkylation sites (N-methyl/N-ethyl adjacent to an activating group) is 1. The number of urea groups is 1. The van der Waals surface area contributed by atoms with Crippen LogP contribution in [0.1, 0.15) is 63.1 Å². The number of piperidine rings is 1. The molecule has 1 unspecified atom stereocenters. The van der Waals surface area contributed by atoms with Crippen molar-refractivity contribution < 1.29 is 27.9 Å². The van der Waals surface area contributed by atoms with Crippen molar-refractivity contribution in [1.82, 2.24) is 15.1 Å². The summed E-state index contributed by atoms with van der Waals surface area (Å²) in [7, 11) is 1.53. The molecule has 39 heavy (non-hydrogen) atoms. The number of carbonyl (C=O) groups is 3. The van der Waals surface area contributed by atoms with Crippen LogP contribution >= 0.6 is 0 Å². The molecule has 0 saturated carbocycles. The van der Waals surface area contributed by atoms with Gasteiger partial charge in [0.15, 0.2) is 11.6 Å². The molecule has 1 heterocycles. The number of hydrogen-bond acceptors (Lipinski definition) is 5. The highest BCUT2D eigenvalue weighted by Crippen LogP contribution is 2.34. The largest absolute Gasteiger partial charge is 0.459 e. The van der Waals surface area contributed by atoms with Crippen LogP contribution in [0.3, 0.4) is 0 Å². The van der Waals surface area contributed by atoms with Crippen molar-refractivity contribution in [3.63, 3.8) is 0 Å². The molecule has 1 saturated heterocycles. The van der Waals surface area contributed by atoms with E-state index in [4.69, 9.17) is 4.74 Å². The molecule has 212 valence electrons. The van der Waals surface area contributed by atoms with E-state index in [0.29, 0.717) is 18.0 Å². The number of benzene rings is 2. The van der Waals surface area contributed by atoms with Gasteiger partial charge < -0.3 is 25.2 Å². The second-order valence-electron chi connectivity index (χ2n) is 10.5. The fourth-order valence-electron chi connectivity index (χ4n) is 5.27. The Morgan fingerprint density at radius 1 is 1.15 bits per heavy atom. The number of carbonyl (C=O) groups excluding carboxylic acids is 3. The van der Waals surface area contributed by atoms with Gasteiger partial charge >= 0.3 is 6.03 Å². The number of likely N-dealkylation sites (tertiary alicyclic amines) is 1. The highest BCUT2D eigenvalue weighted by molar-refractivity contribution is 5.88. The molecule has 3 rings (SSSR count). The lowest BCUT2D eigenvalue weighted by atomic mass is 9.89. The molecule has 3 amide bonds. The van der Waals surface area contributed by atoms with Gasteiger partial charge in [0.1, 0.15) is 5.60 Å². The highest BCUT2D eigenvalue weighted by Gasteiger charge is 2.38. The summed E-state index contributed by atoms with van der Waals surface area (Å²) >= 11 is 0. The van der Waals surface area contributed by atoms with Gasteiger partial charge in [-0.25, -0.2) is 13.6 Å². The Labute approximate surface area is 228 Å². The first kappa shape index (κ1) is 30.0.